The Hall–Kier alpha value is -3.25. The molecule has 1 N–H and O–H groups in total. The minimum Gasteiger partial charge on any atom is -0.469 e. The Labute approximate surface area is 217 Å². The van der Waals surface area contributed by atoms with E-state index >= 15 is 0 Å². The largest absolute Gasteiger partial charge is 0.469 e. The molecule has 2 amide bonds. The Kier molecular flexibility index (Phi) is 7.46. The van der Waals surface area contributed by atoms with E-state index in [1.165, 1.54) is 17.6 Å². The number of esters is 1. The van der Waals surface area contributed by atoms with E-state index in [2.05, 4.69) is 5.32 Å². The quantitative estimate of drug-likeness (QED) is 0.340. The summed E-state index contributed by atoms with van der Waals surface area (Å²) in [6, 6.07) is 2.56. The third-order valence-corrected chi connectivity index (χ3v) is 7.72. The number of aromatic nitrogens is 2. The number of aryl methyl sites for hydroxylation is 1. The predicted octanol–water partition coefficient (Wildman–Crippen LogP) is 1.87. The average molecular weight is 530 g/mol. The molecule has 190 valence electrons. The summed E-state index contributed by atoms with van der Waals surface area (Å²) in [5.41, 5.74) is 0.934. The van der Waals surface area contributed by atoms with E-state index in [1.807, 2.05) is 26.8 Å². The number of amides is 2. The molecule has 0 bridgehead atoms. The van der Waals surface area contributed by atoms with Crippen molar-refractivity contribution in [2.24, 2.45) is 0 Å². The molecule has 2 saturated heterocycles. The van der Waals surface area contributed by atoms with Crippen molar-refractivity contribution in [3.63, 3.8) is 0 Å². The van der Waals surface area contributed by atoms with Crippen LogP contribution >= 0.6 is 24.0 Å². The number of pyridine rings is 1. The first-order chi connectivity index (χ1) is 17.2. The van der Waals surface area contributed by atoms with E-state index in [-0.39, 0.29) is 35.7 Å². The van der Waals surface area contributed by atoms with Crippen molar-refractivity contribution in [1.82, 2.24) is 19.6 Å². The number of fused-ring (bicyclic) bond motifs is 1. The van der Waals surface area contributed by atoms with Gasteiger partial charge in [-0.15, -0.1) is 0 Å². The standard InChI is InChI=1S/C24H27N5O5S2/c1-5-14(3)29-23(33)17(36-24(29)35)11-15-20(26-19-13(2)7-6-9-28(19)22(15)32)27-10-8-25-21(31)16(27)12-18(30)34-4/h6-7,9,11,14,16H,5,8,10,12H2,1-4H3,(H,25,31)/b17-11-/t14-,16-/m1/s1. The molecule has 2 atom stereocenters. The number of methoxy groups -OCH3 is 1. The van der Waals surface area contributed by atoms with Gasteiger partial charge in [0.1, 0.15) is 21.8 Å². The second kappa shape index (κ2) is 10.4. The third kappa shape index (κ3) is 4.62. The van der Waals surface area contributed by atoms with Crippen molar-refractivity contribution in [3.8, 4) is 0 Å². The van der Waals surface area contributed by atoms with Gasteiger partial charge in [0.25, 0.3) is 11.5 Å². The van der Waals surface area contributed by atoms with Gasteiger partial charge in [0.2, 0.25) is 5.91 Å². The molecule has 2 aliphatic heterocycles. The Balaban J connectivity index is 1.92. The van der Waals surface area contributed by atoms with Gasteiger partial charge in [-0.05, 0) is 38.0 Å². The maximum atomic E-state index is 13.8. The summed E-state index contributed by atoms with van der Waals surface area (Å²) in [5, 5.41) is 2.76. The van der Waals surface area contributed by atoms with Crippen LogP contribution in [0.5, 0.6) is 0 Å². The highest BCUT2D eigenvalue weighted by atomic mass is 32.2. The molecule has 4 rings (SSSR count). The van der Waals surface area contributed by atoms with Gasteiger partial charge < -0.3 is 15.0 Å². The fourth-order valence-corrected chi connectivity index (χ4v) is 5.68. The van der Waals surface area contributed by atoms with Crippen molar-refractivity contribution >= 4 is 63.6 Å². The maximum Gasteiger partial charge on any atom is 0.308 e. The molecule has 36 heavy (non-hydrogen) atoms. The van der Waals surface area contributed by atoms with Crippen LogP contribution in [0.2, 0.25) is 0 Å². The van der Waals surface area contributed by atoms with Crippen molar-refractivity contribution in [1.29, 1.82) is 0 Å². The molecule has 2 aliphatic rings. The van der Waals surface area contributed by atoms with Crippen LogP contribution in [0.3, 0.4) is 0 Å². The van der Waals surface area contributed by atoms with Gasteiger partial charge in [0.15, 0.2) is 0 Å². The number of thiocarbonyl (C=S) groups is 1. The van der Waals surface area contributed by atoms with Crippen LogP contribution in [0.15, 0.2) is 28.0 Å². The number of nitrogens with zero attached hydrogens (tertiary/aromatic N) is 4. The summed E-state index contributed by atoms with van der Waals surface area (Å²) in [7, 11) is 1.25. The number of piperazine rings is 1. The van der Waals surface area contributed by atoms with E-state index in [0.29, 0.717) is 28.0 Å². The van der Waals surface area contributed by atoms with Crippen molar-refractivity contribution < 1.29 is 19.1 Å². The molecule has 0 aliphatic carbocycles. The highest BCUT2D eigenvalue weighted by Crippen LogP contribution is 2.35. The van der Waals surface area contributed by atoms with Crippen molar-refractivity contribution in [2.75, 3.05) is 25.1 Å². The second-order valence-corrected chi connectivity index (χ2v) is 10.3. The Morgan fingerprint density at radius 3 is 2.83 bits per heavy atom. The number of anilines is 1. The van der Waals surface area contributed by atoms with Gasteiger partial charge in [-0.1, -0.05) is 37.0 Å². The molecule has 2 aromatic heterocycles. The topological polar surface area (TPSA) is 113 Å². The fraction of sp³-hybridized carbons (Fsp3) is 0.417. The van der Waals surface area contributed by atoms with Crippen LogP contribution in [0.1, 0.15) is 37.8 Å². The van der Waals surface area contributed by atoms with Crippen molar-refractivity contribution in [2.45, 2.75) is 45.7 Å². The van der Waals surface area contributed by atoms with Gasteiger partial charge in [-0.25, -0.2) is 4.98 Å². The fourth-order valence-electron chi connectivity index (χ4n) is 4.23. The summed E-state index contributed by atoms with van der Waals surface area (Å²) >= 11 is 6.58. The summed E-state index contributed by atoms with van der Waals surface area (Å²) in [6.45, 7) is 6.34. The molecule has 0 saturated carbocycles. The lowest BCUT2D eigenvalue weighted by Gasteiger charge is -2.36. The van der Waals surface area contributed by atoms with Gasteiger partial charge in [-0.2, -0.15) is 0 Å². The Morgan fingerprint density at radius 1 is 1.39 bits per heavy atom. The molecule has 10 nitrogen and oxygen atoms in total. The highest BCUT2D eigenvalue weighted by molar-refractivity contribution is 8.26. The normalized spacial score (nSPS) is 20.3. The molecule has 0 radical (unpaired) electrons. The zero-order valence-electron chi connectivity index (χ0n) is 20.4. The number of carbonyl (C=O) groups is 3. The summed E-state index contributed by atoms with van der Waals surface area (Å²) < 4.78 is 6.64. The number of ether oxygens (including phenoxy) is 1. The highest BCUT2D eigenvalue weighted by Gasteiger charge is 2.37. The molecule has 4 heterocycles. The Bertz CT molecular complexity index is 1350. The summed E-state index contributed by atoms with van der Waals surface area (Å²) in [6.07, 6.45) is 3.62. The van der Waals surface area contributed by atoms with Crippen LogP contribution in [-0.4, -0.2) is 68.7 Å². The summed E-state index contributed by atoms with van der Waals surface area (Å²) in [5.74, 6) is -0.979. The van der Waals surface area contributed by atoms with Crippen LogP contribution in [0, 0.1) is 6.92 Å². The lowest BCUT2D eigenvalue weighted by Crippen LogP contribution is -2.57. The van der Waals surface area contributed by atoms with Gasteiger partial charge >= 0.3 is 5.97 Å². The Morgan fingerprint density at radius 2 is 2.14 bits per heavy atom. The van der Waals surface area contributed by atoms with E-state index in [9.17, 15) is 19.2 Å². The maximum absolute atomic E-state index is 13.8. The van der Waals surface area contributed by atoms with E-state index in [4.69, 9.17) is 21.9 Å². The molecule has 0 spiro atoms. The van der Waals surface area contributed by atoms with E-state index < -0.39 is 17.6 Å². The van der Waals surface area contributed by atoms with Crippen molar-refractivity contribution in [3.05, 3.63) is 44.7 Å². The molecule has 2 aromatic rings. The number of hydrogen-bond acceptors (Lipinski definition) is 9. The van der Waals surface area contributed by atoms with E-state index in [0.717, 1.165) is 23.7 Å². The SMILES string of the molecule is CC[C@@H](C)N1C(=O)/C(=C/c2c(N3CCNC(=O)[C@H]3CC(=O)OC)nc3c(C)cccn3c2=O)SC1=S. The first-order valence-corrected chi connectivity index (χ1v) is 12.8. The zero-order valence-corrected chi connectivity index (χ0v) is 22.1. The van der Waals surface area contributed by atoms with Gasteiger partial charge in [0.05, 0.1) is 24.0 Å². The number of thioether (sulfide) groups is 1. The first kappa shape index (κ1) is 25.8. The first-order valence-electron chi connectivity index (χ1n) is 11.6. The number of hydrogen-bond donors (Lipinski definition) is 1. The monoisotopic (exact) mass is 529 g/mol. The van der Waals surface area contributed by atoms with Crippen LogP contribution < -0.4 is 15.8 Å². The molecule has 2 fully saturated rings. The molecular weight excluding hydrogens is 502 g/mol. The van der Waals surface area contributed by atoms with Gasteiger partial charge in [-0.3, -0.25) is 28.5 Å². The number of nitrogens with one attached hydrogen (secondary N) is 1. The average Bonchev–Trinajstić information content (AvgIpc) is 3.14. The lowest BCUT2D eigenvalue weighted by molar-refractivity contribution is -0.143. The van der Waals surface area contributed by atoms with Gasteiger partial charge in [0, 0.05) is 25.3 Å². The summed E-state index contributed by atoms with van der Waals surface area (Å²) in [4.78, 5) is 60.1. The molecule has 0 aromatic carbocycles. The lowest BCUT2D eigenvalue weighted by atomic mass is 10.1. The molecular formula is C24H27N5O5S2. The van der Waals surface area contributed by atoms with Crippen LogP contribution in [0.25, 0.3) is 11.7 Å². The predicted molar refractivity (Wildman–Crippen MR) is 142 cm³/mol. The van der Waals surface area contributed by atoms with Crippen LogP contribution in [-0.2, 0) is 19.1 Å². The molecule has 12 heteroatoms. The second-order valence-electron chi connectivity index (χ2n) is 8.63. The van der Waals surface area contributed by atoms with Crippen LogP contribution in [0.4, 0.5) is 5.82 Å². The van der Waals surface area contributed by atoms with E-state index in [1.54, 1.807) is 22.1 Å². The minimum absolute atomic E-state index is 0.0865. The molecule has 0 unspecified atom stereocenters. The number of carbonyl (C=O) groups excluding carboxylic acids is 3. The number of rotatable bonds is 6. The third-order valence-electron chi connectivity index (χ3n) is 6.39. The minimum atomic E-state index is -0.925. The zero-order chi connectivity index (χ0) is 26.1. The smallest absolute Gasteiger partial charge is 0.308 e.